The molecule has 0 spiro atoms. The van der Waals surface area contributed by atoms with Crippen molar-refractivity contribution in [2.75, 3.05) is 0 Å². The van der Waals surface area contributed by atoms with Gasteiger partial charge >= 0.3 is 0 Å². The Morgan fingerprint density at radius 1 is 1.18 bits per heavy atom. The van der Waals surface area contributed by atoms with E-state index >= 15 is 0 Å². The number of hydrogen-bond acceptors (Lipinski definition) is 2. The van der Waals surface area contributed by atoms with Crippen LogP contribution in [0.25, 0.3) is 11.3 Å². The van der Waals surface area contributed by atoms with Gasteiger partial charge in [0.2, 0.25) is 0 Å². The molecule has 22 heavy (non-hydrogen) atoms. The first-order valence-electron chi connectivity index (χ1n) is 7.71. The quantitative estimate of drug-likeness (QED) is 0.815. The Balaban J connectivity index is 1.49. The Bertz CT molecular complexity index is 711. The van der Waals surface area contributed by atoms with Crippen LogP contribution in [-0.4, -0.2) is 29.0 Å². The van der Waals surface area contributed by atoms with E-state index in [1.165, 1.54) is 6.42 Å². The fourth-order valence-electron chi connectivity index (χ4n) is 3.59. The fraction of sp³-hybridized carbons (Fsp3) is 0.353. The lowest BCUT2D eigenvalue weighted by Crippen LogP contribution is -2.43. The number of halogens is 1. The van der Waals surface area contributed by atoms with E-state index in [4.69, 9.17) is 11.6 Å². The first-order valence-corrected chi connectivity index (χ1v) is 8.09. The zero-order valence-electron chi connectivity index (χ0n) is 12.1. The highest BCUT2D eigenvalue weighted by atomic mass is 35.5. The molecule has 2 bridgehead atoms. The van der Waals surface area contributed by atoms with Crippen molar-refractivity contribution in [1.29, 1.82) is 0 Å². The van der Waals surface area contributed by atoms with Crippen LogP contribution in [0.4, 0.5) is 0 Å². The second-order valence-electron chi connectivity index (χ2n) is 6.13. The molecular weight excluding hydrogens is 298 g/mol. The van der Waals surface area contributed by atoms with Crippen molar-refractivity contribution >= 4 is 17.5 Å². The Kier molecular flexibility index (Phi) is 3.43. The van der Waals surface area contributed by atoms with Gasteiger partial charge in [0.1, 0.15) is 5.69 Å². The third kappa shape index (κ3) is 2.42. The van der Waals surface area contributed by atoms with Crippen LogP contribution in [0.3, 0.4) is 0 Å². The summed E-state index contributed by atoms with van der Waals surface area (Å²) < 4.78 is 0. The van der Waals surface area contributed by atoms with Crippen LogP contribution in [-0.2, 0) is 0 Å². The third-order valence-corrected chi connectivity index (χ3v) is 5.04. The molecule has 0 saturated carbocycles. The topological polar surface area (TPSA) is 56.9 Å². The van der Waals surface area contributed by atoms with Crippen molar-refractivity contribution < 1.29 is 4.79 Å². The maximum Gasteiger partial charge on any atom is 0.267 e. The van der Waals surface area contributed by atoms with Gasteiger partial charge in [0.05, 0.1) is 0 Å². The Labute approximate surface area is 134 Å². The van der Waals surface area contributed by atoms with Gasteiger partial charge in [0, 0.05) is 34.4 Å². The van der Waals surface area contributed by atoms with Crippen LogP contribution >= 0.6 is 11.6 Å². The minimum atomic E-state index is -0.0438. The summed E-state index contributed by atoms with van der Waals surface area (Å²) in [6.45, 7) is 0. The predicted molar refractivity (Wildman–Crippen MR) is 87.1 cm³/mol. The number of carbonyl (C=O) groups is 1. The molecule has 2 fully saturated rings. The van der Waals surface area contributed by atoms with Crippen molar-refractivity contribution in [2.24, 2.45) is 0 Å². The number of H-pyrrole nitrogens is 1. The van der Waals surface area contributed by atoms with Crippen molar-refractivity contribution in [1.82, 2.24) is 15.6 Å². The van der Waals surface area contributed by atoms with E-state index in [1.807, 2.05) is 36.4 Å². The lowest BCUT2D eigenvalue weighted by Gasteiger charge is -2.21. The summed E-state index contributed by atoms with van der Waals surface area (Å²) in [5.74, 6) is -0.0438. The molecule has 3 atom stereocenters. The van der Waals surface area contributed by atoms with Gasteiger partial charge < -0.3 is 15.6 Å². The summed E-state index contributed by atoms with van der Waals surface area (Å²) in [6, 6.07) is 12.6. The molecule has 0 aliphatic carbocycles. The van der Waals surface area contributed by atoms with E-state index in [0.29, 0.717) is 22.8 Å². The molecule has 3 heterocycles. The van der Waals surface area contributed by atoms with Gasteiger partial charge in [-0.15, -0.1) is 0 Å². The molecule has 0 radical (unpaired) electrons. The van der Waals surface area contributed by atoms with Crippen LogP contribution in [0.1, 0.15) is 29.8 Å². The van der Waals surface area contributed by atoms with Gasteiger partial charge in [-0.2, -0.15) is 0 Å². The summed E-state index contributed by atoms with van der Waals surface area (Å²) in [6.07, 6.45) is 3.43. The molecular formula is C17H18ClN3O. The summed E-state index contributed by atoms with van der Waals surface area (Å²) in [7, 11) is 0. The zero-order valence-corrected chi connectivity index (χ0v) is 12.9. The van der Waals surface area contributed by atoms with E-state index in [1.54, 1.807) is 0 Å². The first kappa shape index (κ1) is 13.9. The predicted octanol–water partition coefficient (Wildman–Crippen LogP) is 2.96. The molecule has 4 rings (SSSR count). The standard InChI is InChI=1S/C17H18ClN3O/c18-12-4-2-1-3-11(12)13-7-8-15(20-13)17(22)21-16-9-10-5-6-14(16)19-10/h1-4,7-8,10,14,16,19-20H,5-6,9H2,(H,21,22)/t10-,14+,16-/m1/s1. The number of benzene rings is 1. The maximum atomic E-state index is 12.4. The van der Waals surface area contributed by atoms with Crippen LogP contribution in [0, 0.1) is 0 Å². The molecule has 2 saturated heterocycles. The van der Waals surface area contributed by atoms with Gasteiger partial charge in [-0.25, -0.2) is 0 Å². The molecule has 5 heteroatoms. The SMILES string of the molecule is O=C(N[C@@H]1C[C@H]2CC[C@@H]1N2)c1ccc(-c2ccccc2Cl)[nH]1. The lowest BCUT2D eigenvalue weighted by atomic mass is 9.95. The number of rotatable bonds is 3. The smallest absolute Gasteiger partial charge is 0.267 e. The van der Waals surface area contributed by atoms with Crippen molar-refractivity contribution in [3.05, 3.63) is 47.1 Å². The number of aromatic amines is 1. The van der Waals surface area contributed by atoms with Gasteiger partial charge in [-0.05, 0) is 37.5 Å². The minimum absolute atomic E-state index is 0.0438. The van der Waals surface area contributed by atoms with E-state index in [0.717, 1.165) is 24.1 Å². The molecule has 3 N–H and O–H groups in total. The highest BCUT2D eigenvalue weighted by Crippen LogP contribution is 2.29. The minimum Gasteiger partial charge on any atom is -0.351 e. The van der Waals surface area contributed by atoms with Crippen LogP contribution in [0.5, 0.6) is 0 Å². The third-order valence-electron chi connectivity index (χ3n) is 4.71. The summed E-state index contributed by atoms with van der Waals surface area (Å²) in [5.41, 5.74) is 2.35. The number of aromatic nitrogens is 1. The molecule has 1 aromatic heterocycles. The summed E-state index contributed by atoms with van der Waals surface area (Å²) >= 11 is 6.20. The summed E-state index contributed by atoms with van der Waals surface area (Å²) in [4.78, 5) is 15.6. The highest BCUT2D eigenvalue weighted by Gasteiger charge is 2.39. The molecule has 1 amide bonds. The van der Waals surface area contributed by atoms with Gasteiger partial charge in [-0.1, -0.05) is 29.8 Å². The first-order chi connectivity index (χ1) is 10.7. The van der Waals surface area contributed by atoms with Crippen molar-refractivity contribution in [2.45, 2.75) is 37.4 Å². The van der Waals surface area contributed by atoms with Gasteiger partial charge in [-0.3, -0.25) is 4.79 Å². The van der Waals surface area contributed by atoms with E-state index in [9.17, 15) is 4.79 Å². The number of nitrogens with one attached hydrogen (secondary N) is 3. The molecule has 4 nitrogen and oxygen atoms in total. The largest absolute Gasteiger partial charge is 0.351 e. The second kappa shape index (κ2) is 5.45. The Morgan fingerprint density at radius 2 is 2.05 bits per heavy atom. The second-order valence-corrected chi connectivity index (χ2v) is 6.54. The van der Waals surface area contributed by atoms with Crippen LogP contribution < -0.4 is 10.6 Å². The van der Waals surface area contributed by atoms with Gasteiger partial charge in [0.25, 0.3) is 5.91 Å². The normalized spacial score (nSPS) is 26.3. The van der Waals surface area contributed by atoms with Crippen LogP contribution in [0.15, 0.2) is 36.4 Å². The highest BCUT2D eigenvalue weighted by molar-refractivity contribution is 6.33. The average molecular weight is 316 g/mol. The average Bonchev–Trinajstić information content (AvgIpc) is 3.24. The van der Waals surface area contributed by atoms with Crippen molar-refractivity contribution in [3.63, 3.8) is 0 Å². The number of hydrogen-bond donors (Lipinski definition) is 3. The summed E-state index contributed by atoms with van der Waals surface area (Å²) in [5, 5.41) is 7.35. The van der Waals surface area contributed by atoms with Crippen molar-refractivity contribution in [3.8, 4) is 11.3 Å². The number of amides is 1. The monoisotopic (exact) mass is 315 g/mol. The van der Waals surface area contributed by atoms with Crippen LogP contribution in [0.2, 0.25) is 5.02 Å². The number of fused-ring (bicyclic) bond motifs is 2. The van der Waals surface area contributed by atoms with E-state index in [2.05, 4.69) is 15.6 Å². The molecule has 2 aliphatic heterocycles. The maximum absolute atomic E-state index is 12.4. The Morgan fingerprint density at radius 3 is 2.77 bits per heavy atom. The number of carbonyl (C=O) groups excluding carboxylic acids is 1. The molecule has 114 valence electrons. The molecule has 1 aromatic carbocycles. The van der Waals surface area contributed by atoms with E-state index in [-0.39, 0.29) is 11.9 Å². The molecule has 2 aromatic rings. The zero-order chi connectivity index (χ0) is 15.1. The van der Waals surface area contributed by atoms with Gasteiger partial charge in [0.15, 0.2) is 0 Å². The fourth-order valence-corrected chi connectivity index (χ4v) is 3.83. The molecule has 2 aliphatic rings. The lowest BCUT2D eigenvalue weighted by molar-refractivity contribution is 0.0926. The van der Waals surface area contributed by atoms with E-state index < -0.39 is 0 Å². The molecule has 0 unspecified atom stereocenters. The Hall–Kier alpha value is -1.78.